The van der Waals surface area contributed by atoms with Crippen molar-refractivity contribution in [2.45, 2.75) is 27.3 Å². The number of azide groups is 1. The van der Waals surface area contributed by atoms with Crippen molar-refractivity contribution >= 4 is 0 Å². The third-order valence-corrected chi connectivity index (χ3v) is 2.22. The summed E-state index contributed by atoms with van der Waals surface area (Å²) in [5, 5.41) is 3.57. The van der Waals surface area contributed by atoms with Crippen LogP contribution < -0.4 is 0 Å². The first-order valence-corrected chi connectivity index (χ1v) is 4.22. The Balaban J connectivity index is 3.12. The molecule has 0 saturated carbocycles. The molecule has 0 unspecified atom stereocenters. The molecule has 0 spiro atoms. The van der Waals surface area contributed by atoms with E-state index in [1.807, 2.05) is 6.92 Å². The van der Waals surface area contributed by atoms with Crippen LogP contribution in [0.15, 0.2) is 17.2 Å². The monoisotopic (exact) mass is 175 g/mol. The highest BCUT2D eigenvalue weighted by atomic mass is 15.1. The third kappa shape index (κ3) is 2.23. The first-order valence-electron chi connectivity index (χ1n) is 4.22. The van der Waals surface area contributed by atoms with Crippen LogP contribution in [0.2, 0.25) is 0 Å². The minimum Gasteiger partial charge on any atom is -0.0893 e. The first kappa shape index (κ1) is 9.62. The second kappa shape index (κ2) is 3.97. The Kier molecular flexibility index (Phi) is 2.93. The summed E-state index contributed by atoms with van der Waals surface area (Å²) in [5.41, 5.74) is 13.0. The normalized spacial score (nSPS) is 9.46. The Morgan fingerprint density at radius 2 is 2.00 bits per heavy atom. The number of hydrogen-bond acceptors (Lipinski definition) is 1. The lowest BCUT2D eigenvalue weighted by molar-refractivity contribution is 1.02. The van der Waals surface area contributed by atoms with E-state index in [0.29, 0.717) is 6.54 Å². The Labute approximate surface area is 78.0 Å². The topological polar surface area (TPSA) is 48.8 Å². The van der Waals surface area contributed by atoms with Crippen LogP contribution in [0.5, 0.6) is 0 Å². The van der Waals surface area contributed by atoms with Gasteiger partial charge in [0.25, 0.3) is 0 Å². The van der Waals surface area contributed by atoms with Crippen LogP contribution in [0.3, 0.4) is 0 Å². The number of benzene rings is 1. The molecule has 0 aliphatic heterocycles. The van der Waals surface area contributed by atoms with Crippen molar-refractivity contribution in [1.29, 1.82) is 0 Å². The van der Waals surface area contributed by atoms with E-state index in [9.17, 15) is 0 Å². The first-order chi connectivity index (χ1) is 6.15. The molecule has 0 atom stereocenters. The van der Waals surface area contributed by atoms with Gasteiger partial charge in [0.05, 0.1) is 6.54 Å². The van der Waals surface area contributed by atoms with E-state index in [1.54, 1.807) is 0 Å². The van der Waals surface area contributed by atoms with Crippen molar-refractivity contribution in [2.75, 3.05) is 0 Å². The quantitative estimate of drug-likeness (QED) is 0.375. The van der Waals surface area contributed by atoms with Crippen LogP contribution in [0.1, 0.15) is 22.3 Å². The van der Waals surface area contributed by atoms with Gasteiger partial charge in [-0.05, 0) is 43.0 Å². The molecule has 68 valence electrons. The Hall–Kier alpha value is -1.47. The molecule has 1 aromatic carbocycles. The summed E-state index contributed by atoms with van der Waals surface area (Å²) in [6, 6.07) is 4.20. The molecular formula is C10H13N3. The van der Waals surface area contributed by atoms with Crippen molar-refractivity contribution in [2.24, 2.45) is 5.11 Å². The summed E-state index contributed by atoms with van der Waals surface area (Å²) < 4.78 is 0. The largest absolute Gasteiger partial charge is 0.0893 e. The summed E-state index contributed by atoms with van der Waals surface area (Å²) >= 11 is 0. The van der Waals surface area contributed by atoms with Gasteiger partial charge in [0.2, 0.25) is 0 Å². The van der Waals surface area contributed by atoms with Gasteiger partial charge in [-0.1, -0.05) is 22.8 Å². The Bertz CT molecular complexity index is 363. The van der Waals surface area contributed by atoms with E-state index in [2.05, 4.69) is 36.0 Å². The van der Waals surface area contributed by atoms with Gasteiger partial charge in [0, 0.05) is 4.91 Å². The molecule has 0 amide bonds. The average molecular weight is 175 g/mol. The predicted molar refractivity (Wildman–Crippen MR) is 53.5 cm³/mol. The van der Waals surface area contributed by atoms with Crippen molar-refractivity contribution in [3.05, 3.63) is 44.8 Å². The van der Waals surface area contributed by atoms with Gasteiger partial charge >= 0.3 is 0 Å². The minimum absolute atomic E-state index is 0.449. The van der Waals surface area contributed by atoms with E-state index in [1.165, 1.54) is 16.7 Å². The lowest BCUT2D eigenvalue weighted by atomic mass is 10.0. The highest BCUT2D eigenvalue weighted by Gasteiger charge is 2.00. The fourth-order valence-corrected chi connectivity index (χ4v) is 1.40. The van der Waals surface area contributed by atoms with Crippen LogP contribution >= 0.6 is 0 Å². The fourth-order valence-electron chi connectivity index (χ4n) is 1.40. The maximum absolute atomic E-state index is 8.22. The molecule has 0 aromatic heterocycles. The second-order valence-corrected chi connectivity index (χ2v) is 3.25. The van der Waals surface area contributed by atoms with E-state index in [4.69, 9.17) is 5.53 Å². The molecule has 0 fully saturated rings. The van der Waals surface area contributed by atoms with E-state index in [0.717, 1.165) is 5.56 Å². The standard InChI is InChI=1S/C10H13N3/c1-7-4-8(2)9(3)10(5-7)6-12-13-11/h4-5H,6H2,1-3H3. The zero-order valence-electron chi connectivity index (χ0n) is 8.20. The Morgan fingerprint density at radius 1 is 1.31 bits per heavy atom. The maximum atomic E-state index is 8.22. The molecule has 1 rings (SSSR count). The summed E-state index contributed by atoms with van der Waals surface area (Å²) in [4.78, 5) is 2.76. The zero-order chi connectivity index (χ0) is 9.84. The third-order valence-electron chi connectivity index (χ3n) is 2.22. The van der Waals surface area contributed by atoms with Crippen LogP contribution in [-0.2, 0) is 6.54 Å². The molecule has 0 saturated heterocycles. The molecule has 3 heteroatoms. The van der Waals surface area contributed by atoms with Crippen LogP contribution in [0.25, 0.3) is 10.4 Å². The second-order valence-electron chi connectivity index (χ2n) is 3.25. The van der Waals surface area contributed by atoms with E-state index < -0.39 is 0 Å². The Morgan fingerprint density at radius 3 is 2.62 bits per heavy atom. The van der Waals surface area contributed by atoms with Crippen LogP contribution in [-0.4, -0.2) is 0 Å². The molecule has 0 N–H and O–H groups in total. The predicted octanol–water partition coefficient (Wildman–Crippen LogP) is 3.42. The molecule has 0 radical (unpaired) electrons. The lowest BCUT2D eigenvalue weighted by Crippen LogP contribution is -1.91. The van der Waals surface area contributed by atoms with Gasteiger partial charge in [-0.3, -0.25) is 0 Å². The molecule has 0 aliphatic rings. The van der Waals surface area contributed by atoms with Gasteiger partial charge in [-0.15, -0.1) is 0 Å². The molecule has 0 heterocycles. The van der Waals surface area contributed by atoms with E-state index in [-0.39, 0.29) is 0 Å². The van der Waals surface area contributed by atoms with Crippen LogP contribution in [0, 0.1) is 20.8 Å². The molecular weight excluding hydrogens is 162 g/mol. The van der Waals surface area contributed by atoms with Gasteiger partial charge in [0.15, 0.2) is 0 Å². The molecule has 13 heavy (non-hydrogen) atoms. The number of rotatable bonds is 2. The smallest absolute Gasteiger partial charge is 0.0513 e. The van der Waals surface area contributed by atoms with Crippen molar-refractivity contribution < 1.29 is 0 Å². The van der Waals surface area contributed by atoms with Gasteiger partial charge in [0.1, 0.15) is 0 Å². The highest BCUT2D eigenvalue weighted by molar-refractivity contribution is 5.37. The van der Waals surface area contributed by atoms with E-state index >= 15 is 0 Å². The van der Waals surface area contributed by atoms with Crippen molar-refractivity contribution in [1.82, 2.24) is 0 Å². The minimum atomic E-state index is 0.449. The number of hydrogen-bond donors (Lipinski definition) is 0. The summed E-state index contributed by atoms with van der Waals surface area (Å²) in [5.74, 6) is 0. The maximum Gasteiger partial charge on any atom is 0.0513 e. The fraction of sp³-hybridized carbons (Fsp3) is 0.400. The van der Waals surface area contributed by atoms with Gasteiger partial charge < -0.3 is 0 Å². The molecule has 3 nitrogen and oxygen atoms in total. The molecule has 0 aliphatic carbocycles. The molecule has 0 bridgehead atoms. The zero-order valence-corrected chi connectivity index (χ0v) is 8.20. The number of nitrogens with zero attached hydrogens (tertiary/aromatic N) is 3. The molecule has 1 aromatic rings. The van der Waals surface area contributed by atoms with Crippen molar-refractivity contribution in [3.63, 3.8) is 0 Å². The average Bonchev–Trinajstić information content (AvgIpc) is 2.09. The van der Waals surface area contributed by atoms with Gasteiger partial charge in [-0.2, -0.15) is 0 Å². The number of aryl methyl sites for hydroxylation is 2. The van der Waals surface area contributed by atoms with Crippen LogP contribution in [0.4, 0.5) is 0 Å². The van der Waals surface area contributed by atoms with Crippen molar-refractivity contribution in [3.8, 4) is 0 Å². The SMILES string of the molecule is Cc1cc(C)c(C)c(CN=[N+]=[N-])c1. The summed E-state index contributed by atoms with van der Waals surface area (Å²) in [6.07, 6.45) is 0. The summed E-state index contributed by atoms with van der Waals surface area (Å²) in [6.45, 7) is 6.62. The van der Waals surface area contributed by atoms with Gasteiger partial charge in [-0.25, -0.2) is 0 Å². The lowest BCUT2D eigenvalue weighted by Gasteiger charge is -2.07. The summed E-state index contributed by atoms with van der Waals surface area (Å²) in [7, 11) is 0. The highest BCUT2D eigenvalue weighted by Crippen LogP contribution is 2.16.